The summed E-state index contributed by atoms with van der Waals surface area (Å²) in [6.45, 7) is 2.13. The predicted molar refractivity (Wildman–Crippen MR) is 75.8 cm³/mol. The third-order valence-corrected chi connectivity index (χ3v) is 3.15. The molecule has 5 heteroatoms. The first-order valence-electron chi connectivity index (χ1n) is 6.54. The topological polar surface area (TPSA) is 73.2 Å². The molecule has 0 bridgehead atoms. The van der Waals surface area contributed by atoms with Gasteiger partial charge in [0.25, 0.3) is 0 Å². The van der Waals surface area contributed by atoms with E-state index in [0.717, 1.165) is 36.1 Å². The van der Waals surface area contributed by atoms with Crippen molar-refractivity contribution in [1.82, 2.24) is 9.97 Å². The molecule has 3 N–H and O–H groups in total. The van der Waals surface area contributed by atoms with E-state index in [1.165, 1.54) is 0 Å². The SMILES string of the molecule is CCCC(N)Cc1nc2cc(OC)c(OC)cc2[nH]1. The zero-order valence-corrected chi connectivity index (χ0v) is 11.7. The molecule has 0 aliphatic heterocycles. The molecule has 0 spiro atoms. The maximum atomic E-state index is 6.04. The van der Waals surface area contributed by atoms with Gasteiger partial charge in [0.15, 0.2) is 11.5 Å². The first-order valence-corrected chi connectivity index (χ1v) is 6.54. The van der Waals surface area contributed by atoms with Crippen molar-refractivity contribution in [1.29, 1.82) is 0 Å². The van der Waals surface area contributed by atoms with Crippen LogP contribution in [0.15, 0.2) is 12.1 Å². The molecule has 2 rings (SSSR count). The van der Waals surface area contributed by atoms with Crippen LogP contribution in [0, 0.1) is 0 Å². The number of H-pyrrole nitrogens is 1. The van der Waals surface area contributed by atoms with Crippen molar-refractivity contribution in [2.75, 3.05) is 14.2 Å². The minimum atomic E-state index is 0.148. The number of imidazole rings is 1. The van der Waals surface area contributed by atoms with Gasteiger partial charge < -0.3 is 20.2 Å². The third kappa shape index (κ3) is 2.98. The molecule has 0 aliphatic rings. The Kier molecular flexibility index (Phi) is 4.27. The van der Waals surface area contributed by atoms with Crippen LogP contribution in [-0.4, -0.2) is 30.2 Å². The van der Waals surface area contributed by atoms with Crippen LogP contribution >= 0.6 is 0 Å². The second-order valence-corrected chi connectivity index (χ2v) is 4.66. The Hall–Kier alpha value is -1.75. The molecule has 0 saturated carbocycles. The van der Waals surface area contributed by atoms with E-state index in [9.17, 15) is 0 Å². The molecule has 1 aromatic heterocycles. The lowest BCUT2D eigenvalue weighted by Crippen LogP contribution is -2.22. The van der Waals surface area contributed by atoms with E-state index in [1.54, 1.807) is 14.2 Å². The fourth-order valence-electron chi connectivity index (χ4n) is 2.21. The fourth-order valence-corrected chi connectivity index (χ4v) is 2.21. The quantitative estimate of drug-likeness (QED) is 0.838. The molecule has 0 amide bonds. The molecule has 0 radical (unpaired) electrons. The second kappa shape index (κ2) is 5.93. The molecule has 2 aromatic rings. The predicted octanol–water partition coefficient (Wildman–Crippen LogP) is 2.25. The van der Waals surface area contributed by atoms with Crippen molar-refractivity contribution >= 4 is 11.0 Å². The van der Waals surface area contributed by atoms with Crippen LogP contribution in [0.2, 0.25) is 0 Å². The van der Waals surface area contributed by atoms with E-state index in [1.807, 2.05) is 12.1 Å². The van der Waals surface area contributed by atoms with E-state index >= 15 is 0 Å². The number of fused-ring (bicyclic) bond motifs is 1. The van der Waals surface area contributed by atoms with Crippen LogP contribution in [0.4, 0.5) is 0 Å². The van der Waals surface area contributed by atoms with Gasteiger partial charge in [-0.3, -0.25) is 0 Å². The van der Waals surface area contributed by atoms with Gasteiger partial charge in [-0.1, -0.05) is 13.3 Å². The number of aromatic amines is 1. The van der Waals surface area contributed by atoms with Gasteiger partial charge in [0.2, 0.25) is 0 Å². The molecular formula is C14H21N3O2. The molecule has 0 fully saturated rings. The smallest absolute Gasteiger partial charge is 0.163 e. The highest BCUT2D eigenvalue weighted by molar-refractivity contribution is 5.79. The Balaban J connectivity index is 2.29. The molecule has 1 heterocycles. The summed E-state index contributed by atoms with van der Waals surface area (Å²) >= 11 is 0. The number of hydrogen-bond acceptors (Lipinski definition) is 4. The van der Waals surface area contributed by atoms with Crippen LogP contribution in [0.5, 0.6) is 11.5 Å². The van der Waals surface area contributed by atoms with Gasteiger partial charge in [0.05, 0.1) is 25.3 Å². The Bertz CT molecular complexity index is 510. The van der Waals surface area contributed by atoms with Gasteiger partial charge in [0, 0.05) is 24.6 Å². The van der Waals surface area contributed by atoms with Crippen molar-refractivity contribution < 1.29 is 9.47 Å². The lowest BCUT2D eigenvalue weighted by Gasteiger charge is -2.06. The number of nitrogens with two attached hydrogens (primary N) is 1. The van der Waals surface area contributed by atoms with Gasteiger partial charge in [-0.15, -0.1) is 0 Å². The highest BCUT2D eigenvalue weighted by Gasteiger charge is 2.11. The zero-order chi connectivity index (χ0) is 13.8. The Morgan fingerprint density at radius 2 is 1.95 bits per heavy atom. The maximum absolute atomic E-state index is 6.04. The molecule has 1 unspecified atom stereocenters. The molecule has 0 aliphatic carbocycles. The average molecular weight is 263 g/mol. The number of hydrogen-bond donors (Lipinski definition) is 2. The average Bonchev–Trinajstić information content (AvgIpc) is 2.78. The number of rotatable bonds is 6. The van der Waals surface area contributed by atoms with Crippen LogP contribution in [0.3, 0.4) is 0 Å². The van der Waals surface area contributed by atoms with Gasteiger partial charge in [-0.2, -0.15) is 0 Å². The van der Waals surface area contributed by atoms with Gasteiger partial charge >= 0.3 is 0 Å². The molecule has 19 heavy (non-hydrogen) atoms. The zero-order valence-electron chi connectivity index (χ0n) is 11.7. The summed E-state index contributed by atoms with van der Waals surface area (Å²) < 4.78 is 10.5. The van der Waals surface area contributed by atoms with E-state index in [2.05, 4.69) is 16.9 Å². The summed E-state index contributed by atoms with van der Waals surface area (Å²) in [5.74, 6) is 2.29. The highest BCUT2D eigenvalue weighted by Crippen LogP contribution is 2.31. The van der Waals surface area contributed by atoms with Crippen molar-refractivity contribution in [3.05, 3.63) is 18.0 Å². The lowest BCUT2D eigenvalue weighted by atomic mass is 10.1. The van der Waals surface area contributed by atoms with E-state index in [-0.39, 0.29) is 6.04 Å². The monoisotopic (exact) mass is 263 g/mol. The largest absolute Gasteiger partial charge is 0.493 e. The summed E-state index contributed by atoms with van der Waals surface area (Å²) in [5, 5.41) is 0. The maximum Gasteiger partial charge on any atom is 0.163 e. The second-order valence-electron chi connectivity index (χ2n) is 4.66. The summed E-state index contributed by atoms with van der Waals surface area (Å²) in [5.41, 5.74) is 7.85. The first-order chi connectivity index (χ1) is 9.17. The van der Waals surface area contributed by atoms with Crippen molar-refractivity contribution in [2.45, 2.75) is 32.2 Å². The molecule has 1 atom stereocenters. The minimum Gasteiger partial charge on any atom is -0.493 e. The van der Waals surface area contributed by atoms with Gasteiger partial charge in [-0.05, 0) is 6.42 Å². The van der Waals surface area contributed by atoms with Crippen LogP contribution < -0.4 is 15.2 Å². The van der Waals surface area contributed by atoms with Crippen LogP contribution in [0.25, 0.3) is 11.0 Å². The van der Waals surface area contributed by atoms with E-state index in [0.29, 0.717) is 11.5 Å². The number of nitrogens with zero attached hydrogens (tertiary/aromatic N) is 1. The minimum absolute atomic E-state index is 0.148. The Labute approximate surface area is 113 Å². The highest BCUT2D eigenvalue weighted by atomic mass is 16.5. The summed E-state index contributed by atoms with van der Waals surface area (Å²) in [7, 11) is 3.24. The van der Waals surface area contributed by atoms with Gasteiger partial charge in [0.1, 0.15) is 5.82 Å². The number of nitrogens with one attached hydrogen (secondary N) is 1. The number of benzene rings is 1. The molecule has 5 nitrogen and oxygen atoms in total. The molecular weight excluding hydrogens is 242 g/mol. The lowest BCUT2D eigenvalue weighted by molar-refractivity contribution is 0.356. The van der Waals surface area contributed by atoms with Crippen molar-refractivity contribution in [3.8, 4) is 11.5 Å². The van der Waals surface area contributed by atoms with E-state index in [4.69, 9.17) is 15.2 Å². The third-order valence-electron chi connectivity index (χ3n) is 3.15. The summed E-state index contributed by atoms with van der Waals surface area (Å²) in [4.78, 5) is 7.83. The fraction of sp³-hybridized carbons (Fsp3) is 0.500. The molecule has 104 valence electrons. The Morgan fingerprint density at radius 3 is 2.58 bits per heavy atom. The van der Waals surface area contributed by atoms with Crippen LogP contribution in [-0.2, 0) is 6.42 Å². The number of aromatic nitrogens is 2. The normalized spacial score (nSPS) is 12.6. The van der Waals surface area contributed by atoms with E-state index < -0.39 is 0 Å². The Morgan fingerprint density at radius 1 is 1.26 bits per heavy atom. The molecule has 0 saturated heterocycles. The summed E-state index contributed by atoms with van der Waals surface area (Å²) in [6.07, 6.45) is 2.85. The van der Waals surface area contributed by atoms with Crippen molar-refractivity contribution in [3.63, 3.8) is 0 Å². The first kappa shape index (κ1) is 13.7. The number of ether oxygens (including phenoxy) is 2. The standard InChI is InChI=1S/C14H21N3O2/c1-4-5-9(15)6-14-16-10-7-12(18-2)13(19-3)8-11(10)17-14/h7-9H,4-6,15H2,1-3H3,(H,16,17). The van der Waals surface area contributed by atoms with Gasteiger partial charge in [-0.25, -0.2) is 4.98 Å². The number of methoxy groups -OCH3 is 2. The summed E-state index contributed by atoms with van der Waals surface area (Å²) in [6, 6.07) is 3.92. The van der Waals surface area contributed by atoms with Crippen LogP contribution in [0.1, 0.15) is 25.6 Å². The molecule has 1 aromatic carbocycles. The van der Waals surface area contributed by atoms with Crippen molar-refractivity contribution in [2.24, 2.45) is 5.73 Å².